The zero-order valence-electron chi connectivity index (χ0n) is 15.8. The van der Waals surface area contributed by atoms with Crippen molar-refractivity contribution in [2.45, 2.75) is 62.5 Å². The second kappa shape index (κ2) is 5.93. The van der Waals surface area contributed by atoms with Gasteiger partial charge in [-0.05, 0) is 63.1 Å². The van der Waals surface area contributed by atoms with Crippen molar-refractivity contribution >= 4 is 6.29 Å². The number of aldehydes is 1. The number of hydrogen-bond donors (Lipinski definition) is 2. The van der Waals surface area contributed by atoms with Crippen molar-refractivity contribution in [3.05, 3.63) is 41.0 Å². The number of allylic oxidation sites excluding steroid dienone is 1. The van der Waals surface area contributed by atoms with Crippen LogP contribution in [0.2, 0.25) is 0 Å². The Hall–Kier alpha value is -1.65. The summed E-state index contributed by atoms with van der Waals surface area (Å²) in [6, 6.07) is 3.67. The minimum Gasteiger partial charge on any atom is -0.507 e. The van der Waals surface area contributed by atoms with Gasteiger partial charge in [0, 0.05) is 23.6 Å². The fraction of sp³-hybridized carbons (Fsp3) is 0.591. The van der Waals surface area contributed by atoms with E-state index in [0.29, 0.717) is 31.1 Å². The summed E-state index contributed by atoms with van der Waals surface area (Å²) in [7, 11) is 2.12. The minimum absolute atomic E-state index is 0.00943. The maximum absolute atomic E-state index is 12.0. The van der Waals surface area contributed by atoms with Gasteiger partial charge in [0.1, 0.15) is 5.75 Å². The van der Waals surface area contributed by atoms with Crippen molar-refractivity contribution in [3.8, 4) is 5.75 Å². The van der Waals surface area contributed by atoms with Crippen LogP contribution in [-0.4, -0.2) is 46.6 Å². The maximum Gasteiger partial charge on any atom is 0.153 e. The summed E-state index contributed by atoms with van der Waals surface area (Å²) in [5.74, 6) is 0.789. The highest BCUT2D eigenvalue weighted by Gasteiger charge is 2.60. The Bertz CT molecular complexity index is 769. The molecule has 2 saturated carbocycles. The number of phenolic OH excluding ortho intramolecular Hbond substituents is 1. The van der Waals surface area contributed by atoms with Crippen LogP contribution in [0.5, 0.6) is 5.75 Å². The summed E-state index contributed by atoms with van der Waals surface area (Å²) in [5.41, 5.74) is 1.62. The molecule has 0 radical (unpaired) electrons. The number of hydrogen-bond acceptors (Lipinski definition) is 4. The average Bonchev–Trinajstić information content (AvgIpc) is 3.39. The molecule has 3 atom stereocenters. The van der Waals surface area contributed by atoms with Crippen molar-refractivity contribution in [2.75, 3.05) is 13.6 Å². The predicted molar refractivity (Wildman–Crippen MR) is 102 cm³/mol. The number of benzene rings is 1. The van der Waals surface area contributed by atoms with Crippen LogP contribution in [0.3, 0.4) is 0 Å². The number of rotatable bonds is 4. The Morgan fingerprint density at radius 2 is 2.12 bits per heavy atom. The number of fused-ring (bicyclic) bond motifs is 3. The molecule has 0 spiro atoms. The van der Waals surface area contributed by atoms with Crippen LogP contribution >= 0.6 is 0 Å². The number of phenols is 1. The number of likely N-dealkylation sites (N-methyl/N-ethyl adjacent to an activating group) is 1. The Morgan fingerprint density at radius 3 is 2.77 bits per heavy atom. The van der Waals surface area contributed by atoms with Crippen LogP contribution in [-0.2, 0) is 11.8 Å². The molecule has 1 aromatic rings. The van der Waals surface area contributed by atoms with E-state index in [9.17, 15) is 15.0 Å². The van der Waals surface area contributed by atoms with E-state index in [1.165, 1.54) is 12.8 Å². The summed E-state index contributed by atoms with van der Waals surface area (Å²) >= 11 is 0. The standard InChI is InChI=1S/C22H29NO3/c1-14-8-9-22(26)18(23(3)12-15-4-5-15)10-16-6-7-17(13-24)20(25)19(16)21(22,2)11-14/h6-7,13,15,18,25-26H,1,4-5,8-12H2,2-3H3/t18-,21?,22-/m1/s1. The van der Waals surface area contributed by atoms with Crippen molar-refractivity contribution < 1.29 is 15.0 Å². The SMILES string of the molecule is C=C1CC[C@@]2(O)[C@H](N(C)CC3CC3)Cc3ccc(C=O)c(O)c3C2(C)C1. The molecule has 4 nitrogen and oxygen atoms in total. The van der Waals surface area contributed by atoms with Gasteiger partial charge in [-0.15, -0.1) is 0 Å². The second-order valence-electron chi connectivity index (χ2n) is 8.94. The number of carbonyl (C=O) groups excluding carboxylic acids is 1. The topological polar surface area (TPSA) is 60.8 Å². The lowest BCUT2D eigenvalue weighted by atomic mass is 9.52. The van der Waals surface area contributed by atoms with Gasteiger partial charge in [0.05, 0.1) is 11.2 Å². The van der Waals surface area contributed by atoms with Crippen LogP contribution < -0.4 is 0 Å². The van der Waals surface area contributed by atoms with Crippen LogP contribution in [0.25, 0.3) is 0 Å². The summed E-state index contributed by atoms with van der Waals surface area (Å²) in [6.07, 6.45) is 6.05. The molecule has 3 aliphatic carbocycles. The van der Waals surface area contributed by atoms with Gasteiger partial charge >= 0.3 is 0 Å². The molecule has 0 aliphatic heterocycles. The summed E-state index contributed by atoms with van der Waals surface area (Å²) < 4.78 is 0. The van der Waals surface area contributed by atoms with E-state index in [2.05, 4.69) is 18.5 Å². The summed E-state index contributed by atoms with van der Waals surface area (Å²) in [6.45, 7) is 7.23. The Labute approximate surface area is 155 Å². The molecule has 1 unspecified atom stereocenters. The van der Waals surface area contributed by atoms with Gasteiger partial charge in [0.25, 0.3) is 0 Å². The zero-order valence-corrected chi connectivity index (χ0v) is 15.8. The highest BCUT2D eigenvalue weighted by Crippen LogP contribution is 2.57. The van der Waals surface area contributed by atoms with E-state index in [1.54, 1.807) is 6.07 Å². The number of carbonyl (C=O) groups is 1. The Balaban J connectivity index is 1.86. The lowest BCUT2D eigenvalue weighted by molar-refractivity contribution is -0.119. The van der Waals surface area contributed by atoms with E-state index in [4.69, 9.17) is 0 Å². The molecule has 3 aliphatic rings. The third-order valence-corrected chi connectivity index (χ3v) is 7.13. The van der Waals surface area contributed by atoms with Crippen molar-refractivity contribution in [2.24, 2.45) is 5.92 Å². The average molecular weight is 355 g/mol. The van der Waals surface area contributed by atoms with E-state index >= 15 is 0 Å². The van der Waals surface area contributed by atoms with E-state index in [1.807, 2.05) is 13.0 Å². The molecule has 26 heavy (non-hydrogen) atoms. The molecule has 0 aromatic heterocycles. The van der Waals surface area contributed by atoms with E-state index < -0.39 is 11.0 Å². The van der Waals surface area contributed by atoms with Crippen molar-refractivity contribution in [1.82, 2.24) is 4.90 Å². The Morgan fingerprint density at radius 1 is 1.38 bits per heavy atom. The zero-order chi connectivity index (χ0) is 18.7. The third-order valence-electron chi connectivity index (χ3n) is 7.13. The fourth-order valence-electron chi connectivity index (χ4n) is 5.49. The molecule has 4 rings (SSSR count). The van der Waals surface area contributed by atoms with Crippen molar-refractivity contribution in [3.63, 3.8) is 0 Å². The molecule has 0 heterocycles. The van der Waals surface area contributed by atoms with Gasteiger partial charge in [0.15, 0.2) is 6.29 Å². The molecule has 2 N–H and O–H groups in total. The van der Waals surface area contributed by atoms with Crippen LogP contribution in [0, 0.1) is 5.92 Å². The summed E-state index contributed by atoms with van der Waals surface area (Å²) in [4.78, 5) is 13.7. The Kier molecular flexibility index (Phi) is 4.05. The number of nitrogens with zero attached hydrogens (tertiary/aromatic N) is 1. The maximum atomic E-state index is 12.0. The summed E-state index contributed by atoms with van der Waals surface area (Å²) in [5, 5.41) is 22.8. The third kappa shape index (κ3) is 2.46. The predicted octanol–water partition coefficient (Wildman–Crippen LogP) is 3.20. The molecule has 0 saturated heterocycles. The van der Waals surface area contributed by atoms with Crippen molar-refractivity contribution in [1.29, 1.82) is 0 Å². The highest BCUT2D eigenvalue weighted by molar-refractivity contribution is 5.81. The van der Waals surface area contributed by atoms with Gasteiger partial charge in [-0.2, -0.15) is 0 Å². The first-order valence-electron chi connectivity index (χ1n) is 9.70. The highest BCUT2D eigenvalue weighted by atomic mass is 16.3. The van der Waals surface area contributed by atoms with Crippen LogP contribution in [0.1, 0.15) is 60.5 Å². The number of aliphatic hydroxyl groups is 1. The lowest BCUT2D eigenvalue weighted by Crippen LogP contribution is -2.67. The molecular formula is C22H29NO3. The lowest BCUT2D eigenvalue weighted by Gasteiger charge is -2.58. The normalized spacial score (nSPS) is 33.7. The van der Waals surface area contributed by atoms with E-state index in [-0.39, 0.29) is 11.8 Å². The largest absolute Gasteiger partial charge is 0.507 e. The minimum atomic E-state index is -0.941. The fourth-order valence-corrected chi connectivity index (χ4v) is 5.49. The molecule has 2 fully saturated rings. The molecule has 0 bridgehead atoms. The van der Waals surface area contributed by atoms with Gasteiger partial charge < -0.3 is 10.2 Å². The van der Waals surface area contributed by atoms with Gasteiger partial charge in [-0.1, -0.05) is 25.1 Å². The molecule has 4 heteroatoms. The monoisotopic (exact) mass is 355 g/mol. The molecule has 1 aromatic carbocycles. The first kappa shape index (κ1) is 17.7. The molecule has 0 amide bonds. The second-order valence-corrected chi connectivity index (χ2v) is 8.94. The first-order valence-corrected chi connectivity index (χ1v) is 9.70. The number of aromatic hydroxyl groups is 1. The molecule has 140 valence electrons. The van der Waals surface area contributed by atoms with E-state index in [0.717, 1.165) is 35.6 Å². The van der Waals surface area contributed by atoms with Gasteiger partial charge in [0.2, 0.25) is 0 Å². The smallest absolute Gasteiger partial charge is 0.153 e. The van der Waals surface area contributed by atoms with Gasteiger partial charge in [-0.25, -0.2) is 0 Å². The quantitative estimate of drug-likeness (QED) is 0.643. The van der Waals surface area contributed by atoms with Gasteiger partial charge in [-0.3, -0.25) is 9.69 Å². The van der Waals surface area contributed by atoms with Crippen LogP contribution in [0.15, 0.2) is 24.3 Å². The van der Waals surface area contributed by atoms with Crippen LogP contribution in [0.4, 0.5) is 0 Å². The molecular weight excluding hydrogens is 326 g/mol. The first-order chi connectivity index (χ1) is 12.3.